The molecule has 1 aromatic carbocycles. The van der Waals surface area contributed by atoms with Crippen LogP contribution in [-0.2, 0) is 11.2 Å². The molecule has 28 heavy (non-hydrogen) atoms. The van der Waals surface area contributed by atoms with Crippen molar-refractivity contribution < 1.29 is 23.5 Å². The quantitative estimate of drug-likeness (QED) is 0.798. The molecule has 1 aliphatic heterocycles. The Balaban J connectivity index is 1.92. The molecule has 1 aliphatic rings. The molecule has 1 N–H and O–H groups in total. The Morgan fingerprint density at radius 2 is 2.07 bits per heavy atom. The molecule has 0 fully saturated rings. The Bertz CT molecular complexity index is 753. The van der Waals surface area contributed by atoms with Gasteiger partial charge in [-0.2, -0.15) is 0 Å². The molecule has 0 aromatic heterocycles. The van der Waals surface area contributed by atoms with E-state index in [-0.39, 0.29) is 30.7 Å². The molecule has 2 rings (SSSR count). The largest absolute Gasteiger partial charge is 0.489 e. The lowest BCUT2D eigenvalue weighted by molar-refractivity contribution is 0.0531. The van der Waals surface area contributed by atoms with Crippen molar-refractivity contribution in [3.8, 4) is 5.75 Å². The summed E-state index contributed by atoms with van der Waals surface area (Å²) in [5.41, 5.74) is 1.26. The monoisotopic (exact) mass is 392 g/mol. The number of carbonyl (C=O) groups is 2. The predicted octanol–water partition coefficient (Wildman–Crippen LogP) is 3.85. The summed E-state index contributed by atoms with van der Waals surface area (Å²) < 4.78 is 23.9. The molecule has 154 valence electrons. The third-order valence-corrected chi connectivity index (χ3v) is 4.25. The minimum Gasteiger partial charge on any atom is -0.489 e. The first-order valence-corrected chi connectivity index (χ1v) is 9.42. The molecule has 6 nitrogen and oxygen atoms in total. The van der Waals surface area contributed by atoms with Crippen LogP contribution in [0.4, 0.5) is 9.18 Å². The number of nitrogens with one attached hydrogen (secondary N) is 1. The van der Waals surface area contributed by atoms with Crippen LogP contribution in [0.3, 0.4) is 0 Å². The summed E-state index contributed by atoms with van der Waals surface area (Å²) in [6.07, 6.45) is 0.552. The Morgan fingerprint density at radius 3 is 2.68 bits per heavy atom. The van der Waals surface area contributed by atoms with Crippen LogP contribution in [0.5, 0.6) is 5.75 Å². The van der Waals surface area contributed by atoms with E-state index in [2.05, 4.69) is 5.32 Å². The standard InChI is InChI=1S/C21H29FN2O4/c1-14(2)24-9-8-16-10-17(6-7-18(16)19(24)25)27-13-15(11-22)12-23-20(26)28-21(3,4)5/h6-7,10-11,14H,8-9,12-13H2,1-5H3,(H,23,26)/b15-11+. The molecule has 0 aliphatic carbocycles. The average molecular weight is 392 g/mol. The van der Waals surface area contributed by atoms with Crippen LogP contribution in [0.25, 0.3) is 0 Å². The zero-order valence-electron chi connectivity index (χ0n) is 17.2. The first-order valence-electron chi connectivity index (χ1n) is 9.42. The van der Waals surface area contributed by atoms with Crippen LogP contribution in [-0.4, -0.2) is 48.2 Å². The fourth-order valence-electron chi connectivity index (χ4n) is 2.86. The van der Waals surface area contributed by atoms with Gasteiger partial charge in [-0.15, -0.1) is 0 Å². The number of alkyl carbamates (subject to hydrolysis) is 1. The molecule has 0 unspecified atom stereocenters. The van der Waals surface area contributed by atoms with E-state index in [0.29, 0.717) is 24.2 Å². The lowest BCUT2D eigenvalue weighted by atomic mass is 9.98. The number of carbonyl (C=O) groups excluding carboxylic acids is 2. The van der Waals surface area contributed by atoms with E-state index in [0.717, 1.165) is 12.0 Å². The van der Waals surface area contributed by atoms with E-state index in [1.165, 1.54) is 0 Å². The third-order valence-electron chi connectivity index (χ3n) is 4.25. The first kappa shape index (κ1) is 21.7. The summed E-state index contributed by atoms with van der Waals surface area (Å²) in [5.74, 6) is 0.579. The van der Waals surface area contributed by atoms with Gasteiger partial charge in [0.25, 0.3) is 5.91 Å². The maximum atomic E-state index is 13.1. The van der Waals surface area contributed by atoms with E-state index >= 15 is 0 Å². The Hall–Kier alpha value is -2.57. The van der Waals surface area contributed by atoms with Gasteiger partial charge in [-0.3, -0.25) is 4.79 Å². The Morgan fingerprint density at radius 1 is 1.36 bits per heavy atom. The van der Waals surface area contributed by atoms with Crippen molar-refractivity contribution in [2.75, 3.05) is 19.7 Å². The second kappa shape index (κ2) is 9.08. The van der Waals surface area contributed by atoms with Crippen LogP contribution in [0.1, 0.15) is 50.5 Å². The fourth-order valence-corrected chi connectivity index (χ4v) is 2.86. The number of halogens is 1. The third kappa shape index (κ3) is 5.97. The number of hydrogen-bond acceptors (Lipinski definition) is 4. The molecule has 7 heteroatoms. The van der Waals surface area contributed by atoms with E-state index in [1.54, 1.807) is 32.9 Å². The van der Waals surface area contributed by atoms with Gasteiger partial charge < -0.3 is 19.7 Å². The summed E-state index contributed by atoms with van der Waals surface area (Å²) in [6, 6.07) is 5.44. The van der Waals surface area contributed by atoms with E-state index < -0.39 is 11.7 Å². The van der Waals surface area contributed by atoms with Gasteiger partial charge in [-0.25, -0.2) is 9.18 Å². The minimum absolute atomic E-state index is 0.0157. The van der Waals surface area contributed by atoms with Crippen molar-refractivity contribution in [3.63, 3.8) is 0 Å². The normalized spacial score (nSPS) is 14.8. The lowest BCUT2D eigenvalue weighted by Crippen LogP contribution is -2.42. The smallest absolute Gasteiger partial charge is 0.407 e. The molecule has 2 amide bonds. The molecule has 0 saturated carbocycles. The van der Waals surface area contributed by atoms with Crippen LogP contribution >= 0.6 is 0 Å². The number of hydrogen-bond donors (Lipinski definition) is 1. The van der Waals surface area contributed by atoms with Crippen molar-refractivity contribution in [3.05, 3.63) is 41.2 Å². The summed E-state index contributed by atoms with van der Waals surface area (Å²) in [7, 11) is 0. The van der Waals surface area contributed by atoms with E-state index in [9.17, 15) is 14.0 Å². The van der Waals surface area contributed by atoms with Gasteiger partial charge in [0.05, 0.1) is 6.33 Å². The molecule has 0 radical (unpaired) electrons. The summed E-state index contributed by atoms with van der Waals surface area (Å²) >= 11 is 0. The van der Waals surface area contributed by atoms with Crippen molar-refractivity contribution in [1.82, 2.24) is 10.2 Å². The SMILES string of the molecule is CC(C)N1CCc2cc(OC/C(=C/F)CNC(=O)OC(C)(C)C)ccc2C1=O. The number of rotatable bonds is 6. The van der Waals surface area contributed by atoms with Crippen LogP contribution in [0.15, 0.2) is 30.1 Å². The maximum Gasteiger partial charge on any atom is 0.407 e. The molecular formula is C21H29FN2O4. The van der Waals surface area contributed by atoms with Crippen LogP contribution in [0.2, 0.25) is 0 Å². The molecular weight excluding hydrogens is 363 g/mol. The zero-order chi connectivity index (χ0) is 20.9. The van der Waals surface area contributed by atoms with Gasteiger partial charge >= 0.3 is 6.09 Å². The summed E-state index contributed by atoms with van der Waals surface area (Å²) in [5, 5.41) is 2.50. The molecule has 0 saturated heterocycles. The summed E-state index contributed by atoms with van der Waals surface area (Å²) in [4.78, 5) is 26.0. The number of fused-ring (bicyclic) bond motifs is 1. The molecule has 0 atom stereocenters. The van der Waals surface area contributed by atoms with E-state index in [1.807, 2.05) is 24.8 Å². The number of benzene rings is 1. The van der Waals surface area contributed by atoms with Gasteiger partial charge in [0.1, 0.15) is 18.0 Å². The molecule has 1 heterocycles. The van der Waals surface area contributed by atoms with Crippen LogP contribution < -0.4 is 10.1 Å². The number of ether oxygens (including phenoxy) is 2. The fraction of sp³-hybridized carbons (Fsp3) is 0.524. The lowest BCUT2D eigenvalue weighted by Gasteiger charge is -2.32. The molecule has 1 aromatic rings. The minimum atomic E-state index is -0.619. The maximum absolute atomic E-state index is 13.1. The van der Waals surface area contributed by atoms with Gasteiger partial charge in [-0.1, -0.05) is 0 Å². The second-order valence-electron chi connectivity index (χ2n) is 8.07. The van der Waals surface area contributed by atoms with E-state index in [4.69, 9.17) is 9.47 Å². The highest BCUT2D eigenvalue weighted by atomic mass is 19.1. The van der Waals surface area contributed by atoms with Crippen molar-refractivity contribution in [2.45, 2.75) is 52.7 Å². The topological polar surface area (TPSA) is 67.9 Å². The summed E-state index contributed by atoms with van der Waals surface area (Å²) in [6.45, 7) is 9.89. The van der Waals surface area contributed by atoms with Crippen molar-refractivity contribution in [1.29, 1.82) is 0 Å². The number of amides is 2. The van der Waals surface area contributed by atoms with Gasteiger partial charge in [-0.05, 0) is 64.8 Å². The Kier molecular flexibility index (Phi) is 7.05. The Labute approximate surface area is 165 Å². The highest BCUT2D eigenvalue weighted by Crippen LogP contribution is 2.25. The highest BCUT2D eigenvalue weighted by Gasteiger charge is 2.26. The zero-order valence-corrected chi connectivity index (χ0v) is 17.2. The second-order valence-corrected chi connectivity index (χ2v) is 8.07. The van der Waals surface area contributed by atoms with Crippen molar-refractivity contribution in [2.24, 2.45) is 0 Å². The van der Waals surface area contributed by atoms with Gasteiger partial charge in [0.15, 0.2) is 0 Å². The number of nitrogens with zero attached hydrogens (tertiary/aromatic N) is 1. The first-order chi connectivity index (χ1) is 13.1. The highest BCUT2D eigenvalue weighted by molar-refractivity contribution is 5.97. The molecule has 0 bridgehead atoms. The molecule has 0 spiro atoms. The van der Waals surface area contributed by atoms with Crippen molar-refractivity contribution >= 4 is 12.0 Å². The van der Waals surface area contributed by atoms with Gasteiger partial charge in [0.2, 0.25) is 0 Å². The average Bonchev–Trinajstić information content (AvgIpc) is 2.60. The van der Waals surface area contributed by atoms with Gasteiger partial charge in [0, 0.05) is 30.3 Å². The van der Waals surface area contributed by atoms with Crippen LogP contribution in [0, 0.1) is 0 Å². The predicted molar refractivity (Wildman–Crippen MR) is 105 cm³/mol.